The normalized spacial score (nSPS) is 12.4. The molecular formula is C51H79N7O15S2. The van der Waals surface area contributed by atoms with Crippen molar-refractivity contribution < 1.29 is 60.0 Å². The fourth-order valence-corrected chi connectivity index (χ4v) is 9.89. The standard InChI is InChI=1S/C35H54N4O9S.C16H25N3O6S/c1-33(2,3)48-32(41)37-35(6,7)23-25-38(49(44,45)30-17-13-12-16-29(30)39(42)43)24-15-11-9-10-14-22-34(4,5)36-31(40)47-26-27-18-20-28(46-8)21-19-27;1-15(2,3)25-14(20)18-16(4,5)10-11-17-26(23,24)13-9-7-6-8-12(13)19(21)22/h12-13,16-21H,9-11,14-15,22-26H2,1-8H3,(H,36,40)(H,37,41);6-9,17H,10-11H2,1-5H3,(H,18,20). The number of hydrogen-bond donors (Lipinski definition) is 4. The molecule has 24 heteroatoms. The number of nitro groups is 2. The van der Waals surface area contributed by atoms with Gasteiger partial charge in [0, 0.05) is 48.4 Å². The lowest BCUT2D eigenvalue weighted by atomic mass is 9.96. The van der Waals surface area contributed by atoms with Crippen molar-refractivity contribution in [2.45, 2.75) is 179 Å². The minimum absolute atomic E-state index is 0.0167. The molecule has 0 spiro atoms. The maximum atomic E-state index is 13.8. The highest BCUT2D eigenvalue weighted by Gasteiger charge is 2.34. The molecule has 420 valence electrons. The smallest absolute Gasteiger partial charge is 0.408 e. The predicted molar refractivity (Wildman–Crippen MR) is 284 cm³/mol. The number of nitrogens with one attached hydrogen (secondary N) is 4. The zero-order chi connectivity index (χ0) is 57.1. The number of methoxy groups -OCH3 is 1. The van der Waals surface area contributed by atoms with Gasteiger partial charge in [-0.2, -0.15) is 4.31 Å². The Kier molecular flexibility index (Phi) is 24.4. The van der Waals surface area contributed by atoms with Crippen molar-refractivity contribution in [1.82, 2.24) is 25.0 Å². The van der Waals surface area contributed by atoms with Crippen LogP contribution < -0.4 is 25.4 Å². The van der Waals surface area contributed by atoms with Gasteiger partial charge in [0.05, 0.1) is 17.0 Å². The highest BCUT2D eigenvalue weighted by atomic mass is 32.2. The van der Waals surface area contributed by atoms with Gasteiger partial charge >= 0.3 is 18.3 Å². The van der Waals surface area contributed by atoms with Crippen LogP contribution in [-0.2, 0) is 40.9 Å². The van der Waals surface area contributed by atoms with E-state index in [1.807, 2.05) is 26.0 Å². The SMILES string of the molecule is CC(C)(CCNS(=O)(=O)c1ccccc1[N+](=O)[O-])NC(=O)OC(C)(C)C.COc1ccc(COC(=O)NC(C)(C)CCCCCCCN(CCC(C)(C)NC(=O)OC(C)(C)C)S(=O)(=O)c2ccccc2[N+](=O)[O-])cc1. The van der Waals surface area contributed by atoms with E-state index in [1.165, 1.54) is 46.8 Å². The Labute approximate surface area is 442 Å². The molecule has 75 heavy (non-hydrogen) atoms. The fourth-order valence-electron chi connectivity index (χ4n) is 7.05. The molecule has 22 nitrogen and oxygen atoms in total. The van der Waals surface area contributed by atoms with Crippen molar-refractivity contribution in [3.8, 4) is 5.75 Å². The molecule has 0 bridgehead atoms. The van der Waals surface area contributed by atoms with Crippen LogP contribution in [0, 0.1) is 20.2 Å². The van der Waals surface area contributed by atoms with Crippen LogP contribution in [0.3, 0.4) is 0 Å². The second-order valence-corrected chi connectivity index (χ2v) is 25.4. The van der Waals surface area contributed by atoms with Crippen molar-refractivity contribution in [2.75, 3.05) is 26.7 Å². The van der Waals surface area contributed by atoms with E-state index in [1.54, 1.807) is 88.5 Å². The topological polar surface area (TPSA) is 294 Å². The number of ether oxygens (including phenoxy) is 4. The van der Waals surface area contributed by atoms with Crippen molar-refractivity contribution in [2.24, 2.45) is 0 Å². The maximum absolute atomic E-state index is 13.8. The first kappa shape index (κ1) is 65.0. The zero-order valence-electron chi connectivity index (χ0n) is 45.7. The Bertz CT molecular complexity index is 2590. The third-order valence-electron chi connectivity index (χ3n) is 10.9. The van der Waals surface area contributed by atoms with E-state index in [0.717, 1.165) is 49.5 Å². The van der Waals surface area contributed by atoms with Crippen LogP contribution in [0.15, 0.2) is 82.6 Å². The molecule has 0 saturated heterocycles. The molecule has 3 rings (SSSR count). The van der Waals surface area contributed by atoms with Crippen molar-refractivity contribution in [3.05, 3.63) is 98.6 Å². The van der Waals surface area contributed by atoms with Gasteiger partial charge in [-0.15, -0.1) is 0 Å². The molecule has 3 aromatic rings. The molecular weight excluding hydrogens is 1010 g/mol. The molecule has 0 aliphatic rings. The zero-order valence-corrected chi connectivity index (χ0v) is 47.3. The van der Waals surface area contributed by atoms with Crippen LogP contribution in [0.25, 0.3) is 0 Å². The van der Waals surface area contributed by atoms with Gasteiger partial charge in [-0.3, -0.25) is 20.2 Å². The summed E-state index contributed by atoms with van der Waals surface area (Å²) in [6.45, 7) is 21.6. The second kappa shape index (κ2) is 28.1. The van der Waals surface area contributed by atoms with E-state index in [9.17, 15) is 51.4 Å². The van der Waals surface area contributed by atoms with E-state index < -0.39 is 92.3 Å². The van der Waals surface area contributed by atoms with Gasteiger partial charge in [-0.05, 0) is 139 Å². The summed E-state index contributed by atoms with van der Waals surface area (Å²) in [5, 5.41) is 31.0. The fraction of sp³-hybridized carbons (Fsp3) is 0.588. The summed E-state index contributed by atoms with van der Waals surface area (Å²) in [5.41, 5.74) is -3.51. The van der Waals surface area contributed by atoms with Crippen LogP contribution in [0.5, 0.6) is 5.75 Å². The van der Waals surface area contributed by atoms with Gasteiger partial charge in [0.1, 0.15) is 23.6 Å². The number of carbonyl (C=O) groups is 3. The monoisotopic (exact) mass is 1090 g/mol. The van der Waals surface area contributed by atoms with Crippen LogP contribution in [0.2, 0.25) is 0 Å². The molecule has 0 heterocycles. The molecule has 3 amide bonds. The van der Waals surface area contributed by atoms with Gasteiger partial charge in [0.15, 0.2) is 9.79 Å². The Balaban J connectivity index is 0.000000622. The van der Waals surface area contributed by atoms with Gasteiger partial charge in [-0.1, -0.05) is 62.1 Å². The number of rotatable bonds is 26. The number of amides is 3. The average molecular weight is 1090 g/mol. The number of nitro benzene ring substituents is 2. The predicted octanol–water partition coefficient (Wildman–Crippen LogP) is 9.90. The minimum Gasteiger partial charge on any atom is -0.497 e. The first-order valence-electron chi connectivity index (χ1n) is 24.5. The third kappa shape index (κ3) is 24.9. The number of benzene rings is 3. The van der Waals surface area contributed by atoms with E-state index in [4.69, 9.17) is 18.9 Å². The number of carbonyl (C=O) groups excluding carboxylic acids is 3. The first-order chi connectivity index (χ1) is 34.5. The number of sulfonamides is 2. The quantitative estimate of drug-likeness (QED) is 0.0252. The number of alkyl carbamates (subject to hydrolysis) is 3. The van der Waals surface area contributed by atoms with E-state index in [-0.39, 0.29) is 44.0 Å². The lowest BCUT2D eigenvalue weighted by molar-refractivity contribution is -0.388. The molecule has 0 unspecified atom stereocenters. The van der Waals surface area contributed by atoms with Gasteiger partial charge < -0.3 is 34.9 Å². The molecule has 0 saturated carbocycles. The van der Waals surface area contributed by atoms with E-state index >= 15 is 0 Å². The van der Waals surface area contributed by atoms with Crippen LogP contribution in [-0.4, -0.2) is 104 Å². The Morgan fingerprint density at radius 1 is 0.560 bits per heavy atom. The number of para-hydroxylation sites is 2. The molecule has 0 aliphatic heterocycles. The lowest BCUT2D eigenvalue weighted by Gasteiger charge is -2.31. The summed E-state index contributed by atoms with van der Waals surface area (Å²) in [6.07, 6.45) is 3.33. The van der Waals surface area contributed by atoms with Crippen molar-refractivity contribution in [1.29, 1.82) is 0 Å². The summed E-state index contributed by atoms with van der Waals surface area (Å²) < 4.78 is 76.8. The number of hydrogen-bond acceptors (Lipinski definition) is 15. The van der Waals surface area contributed by atoms with Gasteiger partial charge in [0.2, 0.25) is 20.0 Å². The highest BCUT2D eigenvalue weighted by Crippen LogP contribution is 2.28. The largest absolute Gasteiger partial charge is 0.497 e. The van der Waals surface area contributed by atoms with Crippen LogP contribution >= 0.6 is 0 Å². The summed E-state index contributed by atoms with van der Waals surface area (Å²) in [7, 11) is -6.68. The molecule has 0 aliphatic carbocycles. The minimum atomic E-state index is -4.22. The molecule has 3 aromatic carbocycles. The summed E-state index contributed by atoms with van der Waals surface area (Å²) >= 11 is 0. The molecule has 0 radical (unpaired) electrons. The second-order valence-electron chi connectivity index (χ2n) is 21.7. The molecule has 0 aromatic heterocycles. The first-order valence-corrected chi connectivity index (χ1v) is 27.5. The Hall–Kier alpha value is -6.11. The van der Waals surface area contributed by atoms with Crippen molar-refractivity contribution >= 4 is 49.7 Å². The van der Waals surface area contributed by atoms with Gasteiger partial charge in [0.25, 0.3) is 11.4 Å². The number of unbranched alkanes of at least 4 members (excludes halogenated alkanes) is 4. The van der Waals surface area contributed by atoms with Crippen LogP contribution in [0.1, 0.15) is 140 Å². The Morgan fingerprint density at radius 2 is 1.00 bits per heavy atom. The summed E-state index contributed by atoms with van der Waals surface area (Å²) in [5.74, 6) is 0.726. The molecule has 0 fully saturated rings. The highest BCUT2D eigenvalue weighted by molar-refractivity contribution is 7.89. The summed E-state index contributed by atoms with van der Waals surface area (Å²) in [6, 6.07) is 17.7. The van der Waals surface area contributed by atoms with Gasteiger partial charge in [-0.25, -0.2) is 35.9 Å². The molecule has 0 atom stereocenters. The number of nitrogens with zero attached hydrogens (tertiary/aromatic N) is 3. The summed E-state index contributed by atoms with van der Waals surface area (Å²) in [4.78, 5) is 57.1. The molecule has 4 N–H and O–H groups in total. The lowest BCUT2D eigenvalue weighted by Crippen LogP contribution is -2.48. The maximum Gasteiger partial charge on any atom is 0.408 e. The van der Waals surface area contributed by atoms with E-state index in [2.05, 4.69) is 20.7 Å². The van der Waals surface area contributed by atoms with Crippen LogP contribution in [0.4, 0.5) is 25.8 Å². The van der Waals surface area contributed by atoms with Crippen molar-refractivity contribution in [3.63, 3.8) is 0 Å². The van der Waals surface area contributed by atoms with E-state index in [0.29, 0.717) is 6.42 Å². The third-order valence-corrected chi connectivity index (χ3v) is 14.4. The average Bonchev–Trinajstić information content (AvgIpc) is 3.27. The Morgan fingerprint density at radius 3 is 1.51 bits per heavy atom.